The number of fused-ring (bicyclic) bond motifs is 1. The summed E-state index contributed by atoms with van der Waals surface area (Å²) < 4.78 is 17.2. The van der Waals surface area contributed by atoms with Gasteiger partial charge in [0.15, 0.2) is 11.5 Å². The quantitative estimate of drug-likeness (QED) is 0.918. The first kappa shape index (κ1) is 14.0. The molecule has 0 bridgehead atoms. The molecule has 1 N–H and O–H groups in total. The van der Waals surface area contributed by atoms with Crippen molar-refractivity contribution in [1.29, 1.82) is 0 Å². The number of rotatable bonds is 4. The number of hydrogen-bond acceptors (Lipinski definition) is 4. The zero-order valence-electron chi connectivity index (χ0n) is 10.7. The first-order chi connectivity index (χ1) is 9.04. The standard InChI is InChI=1S/C13H15BrO5/c1-7(13(15)16)5-8-11(17-2)9(14)6-10-12(8)19-4-3-18-10/h6-7H,3-5H2,1-2H3,(H,15,16). The topological polar surface area (TPSA) is 65.0 Å². The van der Waals surface area contributed by atoms with Crippen molar-refractivity contribution >= 4 is 21.9 Å². The number of carboxylic acids is 1. The Labute approximate surface area is 119 Å². The first-order valence-corrected chi connectivity index (χ1v) is 6.71. The summed E-state index contributed by atoms with van der Waals surface area (Å²) in [4.78, 5) is 11.0. The molecule has 0 fully saturated rings. The molecule has 0 saturated carbocycles. The van der Waals surface area contributed by atoms with Crippen molar-refractivity contribution in [3.05, 3.63) is 16.1 Å². The number of aliphatic carboxylic acids is 1. The van der Waals surface area contributed by atoms with Crippen LogP contribution in [0.15, 0.2) is 10.5 Å². The van der Waals surface area contributed by atoms with Crippen LogP contribution in [-0.4, -0.2) is 31.4 Å². The van der Waals surface area contributed by atoms with Crippen molar-refractivity contribution in [2.24, 2.45) is 5.92 Å². The molecular formula is C13H15BrO5. The number of benzene rings is 1. The molecule has 19 heavy (non-hydrogen) atoms. The molecule has 1 atom stereocenters. The highest BCUT2D eigenvalue weighted by Gasteiger charge is 2.25. The van der Waals surface area contributed by atoms with E-state index < -0.39 is 11.9 Å². The third-order valence-corrected chi connectivity index (χ3v) is 3.56. The fraction of sp³-hybridized carbons (Fsp3) is 0.462. The maximum Gasteiger partial charge on any atom is 0.306 e. The highest BCUT2D eigenvalue weighted by Crippen LogP contribution is 2.45. The summed E-state index contributed by atoms with van der Waals surface area (Å²) in [6.07, 6.45) is 0.323. The zero-order chi connectivity index (χ0) is 14.0. The first-order valence-electron chi connectivity index (χ1n) is 5.92. The van der Waals surface area contributed by atoms with Crippen LogP contribution in [0, 0.1) is 5.92 Å². The van der Waals surface area contributed by atoms with Crippen LogP contribution in [0.1, 0.15) is 12.5 Å². The molecule has 1 heterocycles. The summed E-state index contributed by atoms with van der Waals surface area (Å²) in [5, 5.41) is 9.06. The van der Waals surface area contributed by atoms with Gasteiger partial charge in [0.1, 0.15) is 19.0 Å². The molecule has 0 amide bonds. The second kappa shape index (κ2) is 5.69. The van der Waals surface area contributed by atoms with Crippen LogP contribution in [0.4, 0.5) is 0 Å². The predicted molar refractivity (Wildman–Crippen MR) is 72.2 cm³/mol. The molecule has 1 aromatic carbocycles. The van der Waals surface area contributed by atoms with Crippen LogP contribution in [0.5, 0.6) is 17.2 Å². The van der Waals surface area contributed by atoms with Crippen molar-refractivity contribution in [2.45, 2.75) is 13.3 Å². The molecule has 1 aliphatic rings. The number of hydrogen-bond donors (Lipinski definition) is 1. The lowest BCUT2D eigenvalue weighted by Gasteiger charge is -2.24. The second-order valence-electron chi connectivity index (χ2n) is 4.34. The molecule has 0 aromatic heterocycles. The molecule has 6 heteroatoms. The second-order valence-corrected chi connectivity index (χ2v) is 5.19. The molecule has 1 aliphatic heterocycles. The Bertz CT molecular complexity index is 500. The third kappa shape index (κ3) is 2.78. The van der Waals surface area contributed by atoms with E-state index in [1.165, 1.54) is 0 Å². The molecule has 1 aromatic rings. The lowest BCUT2D eigenvalue weighted by Crippen LogP contribution is -2.19. The van der Waals surface area contributed by atoms with Gasteiger partial charge in [0, 0.05) is 11.6 Å². The van der Waals surface area contributed by atoms with Crippen LogP contribution in [0.2, 0.25) is 0 Å². The fourth-order valence-electron chi connectivity index (χ4n) is 2.00. The van der Waals surface area contributed by atoms with E-state index in [2.05, 4.69) is 15.9 Å². The Morgan fingerprint density at radius 1 is 1.53 bits per heavy atom. The average molecular weight is 331 g/mol. The molecule has 0 spiro atoms. The van der Waals surface area contributed by atoms with Gasteiger partial charge >= 0.3 is 5.97 Å². The Hall–Kier alpha value is -1.43. The minimum atomic E-state index is -0.854. The molecule has 1 unspecified atom stereocenters. The van der Waals surface area contributed by atoms with E-state index in [4.69, 9.17) is 19.3 Å². The van der Waals surface area contributed by atoms with Gasteiger partial charge in [-0.15, -0.1) is 0 Å². The Balaban J connectivity index is 2.48. The van der Waals surface area contributed by atoms with Crippen molar-refractivity contribution in [1.82, 2.24) is 0 Å². The lowest BCUT2D eigenvalue weighted by molar-refractivity contribution is -0.141. The van der Waals surface area contributed by atoms with E-state index >= 15 is 0 Å². The molecule has 0 saturated heterocycles. The summed E-state index contributed by atoms with van der Waals surface area (Å²) in [6.45, 7) is 2.59. The van der Waals surface area contributed by atoms with Gasteiger partial charge in [-0.3, -0.25) is 4.79 Å². The SMILES string of the molecule is COc1c(Br)cc2c(c1CC(C)C(=O)O)OCCO2. The lowest BCUT2D eigenvalue weighted by atomic mass is 9.99. The van der Waals surface area contributed by atoms with Crippen molar-refractivity contribution < 1.29 is 24.1 Å². The number of carboxylic acid groups (broad SMARTS) is 1. The van der Waals surface area contributed by atoms with Crippen molar-refractivity contribution in [3.8, 4) is 17.2 Å². The van der Waals surface area contributed by atoms with Crippen molar-refractivity contribution in [2.75, 3.05) is 20.3 Å². The Kier molecular flexibility index (Phi) is 4.19. The molecule has 0 aliphatic carbocycles. The maximum atomic E-state index is 11.0. The number of carbonyl (C=O) groups is 1. The summed E-state index contributed by atoms with van der Waals surface area (Å²) in [7, 11) is 1.55. The Morgan fingerprint density at radius 2 is 2.21 bits per heavy atom. The van der Waals surface area contributed by atoms with E-state index in [0.29, 0.717) is 36.9 Å². The zero-order valence-corrected chi connectivity index (χ0v) is 12.3. The highest BCUT2D eigenvalue weighted by molar-refractivity contribution is 9.10. The average Bonchev–Trinajstić information content (AvgIpc) is 2.38. The minimum absolute atomic E-state index is 0.323. The van der Waals surface area contributed by atoms with Gasteiger partial charge in [-0.25, -0.2) is 0 Å². The van der Waals surface area contributed by atoms with E-state index in [9.17, 15) is 4.79 Å². The summed E-state index contributed by atoms with van der Waals surface area (Å²) >= 11 is 3.41. The van der Waals surface area contributed by atoms with E-state index in [1.807, 2.05) is 0 Å². The molecule has 5 nitrogen and oxygen atoms in total. The van der Waals surface area contributed by atoms with Gasteiger partial charge in [0.05, 0.1) is 17.5 Å². The molecule has 104 valence electrons. The summed E-state index contributed by atoms with van der Waals surface area (Å²) in [5.74, 6) is 0.411. The predicted octanol–water partition coefficient (Wildman–Crippen LogP) is 2.49. The van der Waals surface area contributed by atoms with Crippen LogP contribution in [0.25, 0.3) is 0 Å². The number of methoxy groups -OCH3 is 1. The monoisotopic (exact) mass is 330 g/mol. The van der Waals surface area contributed by atoms with Gasteiger partial charge in [0.2, 0.25) is 0 Å². The van der Waals surface area contributed by atoms with E-state index in [-0.39, 0.29) is 0 Å². The number of ether oxygens (including phenoxy) is 3. The summed E-state index contributed by atoms with van der Waals surface area (Å²) in [6, 6.07) is 1.78. The van der Waals surface area contributed by atoms with Gasteiger partial charge < -0.3 is 19.3 Å². The van der Waals surface area contributed by atoms with Gasteiger partial charge in [-0.1, -0.05) is 6.92 Å². The van der Waals surface area contributed by atoms with Gasteiger partial charge in [-0.2, -0.15) is 0 Å². The van der Waals surface area contributed by atoms with Crippen LogP contribution in [-0.2, 0) is 11.2 Å². The van der Waals surface area contributed by atoms with Crippen molar-refractivity contribution in [3.63, 3.8) is 0 Å². The number of halogens is 1. The van der Waals surface area contributed by atoms with E-state index in [0.717, 1.165) is 10.0 Å². The van der Waals surface area contributed by atoms with E-state index in [1.54, 1.807) is 20.1 Å². The molecule has 2 rings (SSSR count). The van der Waals surface area contributed by atoms with Gasteiger partial charge in [0.25, 0.3) is 0 Å². The maximum absolute atomic E-state index is 11.0. The Morgan fingerprint density at radius 3 is 2.84 bits per heavy atom. The normalized spacial score (nSPS) is 14.9. The smallest absolute Gasteiger partial charge is 0.306 e. The third-order valence-electron chi connectivity index (χ3n) is 2.97. The van der Waals surface area contributed by atoms with Crippen LogP contribution in [0.3, 0.4) is 0 Å². The molecule has 0 radical (unpaired) electrons. The fourth-order valence-corrected chi connectivity index (χ4v) is 2.61. The van der Waals surface area contributed by atoms with Gasteiger partial charge in [-0.05, 0) is 22.4 Å². The van der Waals surface area contributed by atoms with Crippen LogP contribution < -0.4 is 14.2 Å². The largest absolute Gasteiger partial charge is 0.495 e. The highest BCUT2D eigenvalue weighted by atomic mass is 79.9. The van der Waals surface area contributed by atoms with Crippen LogP contribution >= 0.6 is 15.9 Å². The molecular weight excluding hydrogens is 316 g/mol. The summed E-state index contributed by atoms with van der Waals surface area (Å²) in [5.41, 5.74) is 0.724. The minimum Gasteiger partial charge on any atom is -0.495 e.